The predicted octanol–water partition coefficient (Wildman–Crippen LogP) is 5.65. The van der Waals surface area contributed by atoms with E-state index >= 15 is 0 Å². The highest BCUT2D eigenvalue weighted by atomic mass is 35.5. The molecule has 2 N–H and O–H groups in total. The minimum Gasteiger partial charge on any atom is -0.377 e. The fraction of sp³-hybridized carbons (Fsp3) is 0.125. The lowest BCUT2D eigenvalue weighted by molar-refractivity contribution is 0.102. The lowest BCUT2D eigenvalue weighted by Crippen LogP contribution is -2.13. The third-order valence-electron chi connectivity index (χ3n) is 5.02. The molecular weight excluding hydrogens is 410 g/mol. The smallest absolute Gasteiger partial charge is 0.259 e. The van der Waals surface area contributed by atoms with E-state index in [0.29, 0.717) is 27.8 Å². The standard InChI is InChI=1S/C24H22ClN5O/c1-16(18-8-4-3-5-9-18)28-22-12-11-19(14-21(22)25)29-24(31)20-15-27-30(17(20)2)23-10-6-7-13-26-23/h3-16,28H,1-2H3,(H,29,31). The van der Waals surface area contributed by atoms with E-state index in [9.17, 15) is 4.79 Å². The number of carbonyl (C=O) groups is 1. The van der Waals surface area contributed by atoms with Crippen LogP contribution in [0.15, 0.2) is 79.1 Å². The SMILES string of the molecule is Cc1c(C(=O)Nc2ccc(NC(C)c3ccccc3)c(Cl)c2)cnn1-c1ccccn1. The minimum absolute atomic E-state index is 0.0965. The van der Waals surface area contributed by atoms with Crippen molar-refractivity contribution in [2.45, 2.75) is 19.9 Å². The molecule has 0 bridgehead atoms. The van der Waals surface area contributed by atoms with Crippen LogP contribution in [0.1, 0.15) is 34.6 Å². The van der Waals surface area contributed by atoms with Gasteiger partial charge in [0, 0.05) is 17.9 Å². The molecule has 156 valence electrons. The van der Waals surface area contributed by atoms with Gasteiger partial charge in [0.05, 0.1) is 28.2 Å². The second kappa shape index (κ2) is 9.02. The first kappa shape index (κ1) is 20.6. The molecule has 0 saturated carbocycles. The largest absolute Gasteiger partial charge is 0.377 e. The van der Waals surface area contributed by atoms with Crippen LogP contribution < -0.4 is 10.6 Å². The molecule has 2 aromatic carbocycles. The molecule has 0 spiro atoms. The van der Waals surface area contributed by atoms with E-state index in [1.807, 2.05) is 55.5 Å². The first-order valence-electron chi connectivity index (χ1n) is 9.91. The van der Waals surface area contributed by atoms with Crippen molar-refractivity contribution in [1.82, 2.24) is 14.8 Å². The molecule has 0 aliphatic heterocycles. The molecule has 4 rings (SSSR count). The number of nitrogens with zero attached hydrogens (tertiary/aromatic N) is 3. The first-order chi connectivity index (χ1) is 15.0. The van der Waals surface area contributed by atoms with Crippen LogP contribution in [0.3, 0.4) is 0 Å². The van der Waals surface area contributed by atoms with Crippen LogP contribution >= 0.6 is 11.6 Å². The normalized spacial score (nSPS) is 11.7. The van der Waals surface area contributed by atoms with Crippen molar-refractivity contribution in [1.29, 1.82) is 0 Å². The number of carbonyl (C=O) groups excluding carboxylic acids is 1. The number of pyridine rings is 1. The maximum Gasteiger partial charge on any atom is 0.259 e. The van der Waals surface area contributed by atoms with Gasteiger partial charge in [-0.1, -0.05) is 48.0 Å². The Bertz CT molecular complexity index is 1190. The number of hydrogen-bond acceptors (Lipinski definition) is 4. The number of aromatic nitrogens is 3. The topological polar surface area (TPSA) is 71.8 Å². The molecule has 7 heteroatoms. The van der Waals surface area contributed by atoms with Crippen LogP contribution in [0.25, 0.3) is 5.82 Å². The Hall–Kier alpha value is -3.64. The maximum absolute atomic E-state index is 12.8. The summed E-state index contributed by atoms with van der Waals surface area (Å²) >= 11 is 6.47. The van der Waals surface area contributed by atoms with Gasteiger partial charge in [0.15, 0.2) is 5.82 Å². The number of halogens is 1. The Labute approximate surface area is 185 Å². The molecular formula is C24H22ClN5O. The maximum atomic E-state index is 12.8. The summed E-state index contributed by atoms with van der Waals surface area (Å²) in [5, 5.41) is 11.1. The second-order valence-electron chi connectivity index (χ2n) is 7.17. The molecule has 0 radical (unpaired) electrons. The van der Waals surface area contributed by atoms with Crippen LogP contribution in [0, 0.1) is 6.92 Å². The predicted molar refractivity (Wildman–Crippen MR) is 124 cm³/mol. The van der Waals surface area contributed by atoms with Gasteiger partial charge in [-0.25, -0.2) is 9.67 Å². The Morgan fingerprint density at radius 3 is 2.55 bits per heavy atom. The van der Waals surface area contributed by atoms with E-state index in [0.717, 1.165) is 11.3 Å². The summed E-state index contributed by atoms with van der Waals surface area (Å²) < 4.78 is 1.64. The van der Waals surface area contributed by atoms with Crippen LogP contribution in [0.4, 0.5) is 11.4 Å². The molecule has 0 saturated heterocycles. The molecule has 2 aromatic heterocycles. The molecule has 0 aliphatic rings. The molecule has 1 unspecified atom stereocenters. The fourth-order valence-electron chi connectivity index (χ4n) is 3.31. The Morgan fingerprint density at radius 2 is 1.84 bits per heavy atom. The van der Waals surface area contributed by atoms with Crippen LogP contribution in [0.5, 0.6) is 0 Å². The van der Waals surface area contributed by atoms with E-state index in [1.54, 1.807) is 23.1 Å². The fourth-order valence-corrected chi connectivity index (χ4v) is 3.54. The Kier molecular flexibility index (Phi) is 6.00. The highest BCUT2D eigenvalue weighted by Gasteiger charge is 2.16. The van der Waals surface area contributed by atoms with E-state index in [4.69, 9.17) is 11.6 Å². The number of anilines is 2. The van der Waals surface area contributed by atoms with E-state index < -0.39 is 0 Å². The van der Waals surface area contributed by atoms with Gasteiger partial charge in [-0.2, -0.15) is 5.10 Å². The summed E-state index contributed by atoms with van der Waals surface area (Å²) in [6, 6.07) is 21.2. The van der Waals surface area contributed by atoms with Crippen molar-refractivity contribution < 1.29 is 4.79 Å². The molecule has 1 amide bonds. The van der Waals surface area contributed by atoms with Gasteiger partial charge in [-0.3, -0.25) is 4.79 Å². The van der Waals surface area contributed by atoms with Gasteiger partial charge in [-0.05, 0) is 49.7 Å². The van der Waals surface area contributed by atoms with Crippen LogP contribution in [0.2, 0.25) is 5.02 Å². The zero-order chi connectivity index (χ0) is 21.8. The zero-order valence-electron chi connectivity index (χ0n) is 17.2. The summed E-state index contributed by atoms with van der Waals surface area (Å²) in [4.78, 5) is 17.1. The molecule has 0 fully saturated rings. The molecule has 6 nitrogen and oxygen atoms in total. The number of rotatable bonds is 6. The molecule has 4 aromatic rings. The van der Waals surface area contributed by atoms with Gasteiger partial charge >= 0.3 is 0 Å². The lowest BCUT2D eigenvalue weighted by Gasteiger charge is -2.17. The van der Waals surface area contributed by atoms with E-state index in [2.05, 4.69) is 39.8 Å². The highest BCUT2D eigenvalue weighted by molar-refractivity contribution is 6.33. The van der Waals surface area contributed by atoms with Crippen LogP contribution in [-0.4, -0.2) is 20.7 Å². The summed E-state index contributed by atoms with van der Waals surface area (Å²) in [5.41, 5.74) is 3.75. The average Bonchev–Trinajstić information content (AvgIpc) is 3.18. The number of amides is 1. The number of nitrogens with one attached hydrogen (secondary N) is 2. The van der Waals surface area contributed by atoms with Gasteiger partial charge in [-0.15, -0.1) is 0 Å². The second-order valence-corrected chi connectivity index (χ2v) is 7.58. The monoisotopic (exact) mass is 431 g/mol. The van der Waals surface area contributed by atoms with Crippen LogP contribution in [-0.2, 0) is 0 Å². The highest BCUT2D eigenvalue weighted by Crippen LogP contribution is 2.29. The van der Waals surface area contributed by atoms with Crippen molar-refractivity contribution in [2.75, 3.05) is 10.6 Å². The van der Waals surface area contributed by atoms with Gasteiger partial charge in [0.2, 0.25) is 0 Å². The Morgan fingerprint density at radius 1 is 1.06 bits per heavy atom. The zero-order valence-corrected chi connectivity index (χ0v) is 18.0. The molecule has 2 heterocycles. The third kappa shape index (κ3) is 4.59. The van der Waals surface area contributed by atoms with E-state index in [1.165, 1.54) is 0 Å². The average molecular weight is 432 g/mol. The third-order valence-corrected chi connectivity index (χ3v) is 5.33. The summed E-state index contributed by atoms with van der Waals surface area (Å²) in [6.07, 6.45) is 3.23. The Balaban J connectivity index is 1.47. The summed E-state index contributed by atoms with van der Waals surface area (Å²) in [5.74, 6) is 0.402. The summed E-state index contributed by atoms with van der Waals surface area (Å²) in [6.45, 7) is 3.91. The quantitative estimate of drug-likeness (QED) is 0.413. The lowest BCUT2D eigenvalue weighted by atomic mass is 10.1. The van der Waals surface area contributed by atoms with Gasteiger partial charge in [0.1, 0.15) is 0 Å². The van der Waals surface area contributed by atoms with Crippen molar-refractivity contribution in [3.8, 4) is 5.82 Å². The van der Waals surface area contributed by atoms with E-state index in [-0.39, 0.29) is 11.9 Å². The van der Waals surface area contributed by atoms with Crippen molar-refractivity contribution in [3.63, 3.8) is 0 Å². The minimum atomic E-state index is -0.255. The van der Waals surface area contributed by atoms with Crippen molar-refractivity contribution in [2.24, 2.45) is 0 Å². The van der Waals surface area contributed by atoms with Gasteiger partial charge in [0.25, 0.3) is 5.91 Å². The van der Waals surface area contributed by atoms with Gasteiger partial charge < -0.3 is 10.6 Å². The molecule has 1 atom stereocenters. The molecule has 0 aliphatic carbocycles. The summed E-state index contributed by atoms with van der Waals surface area (Å²) in [7, 11) is 0. The number of hydrogen-bond donors (Lipinski definition) is 2. The molecule has 31 heavy (non-hydrogen) atoms. The number of benzene rings is 2. The van der Waals surface area contributed by atoms with Crippen molar-refractivity contribution >= 4 is 28.9 Å². The first-order valence-corrected chi connectivity index (χ1v) is 10.3. The van der Waals surface area contributed by atoms with Crippen molar-refractivity contribution in [3.05, 3.63) is 101 Å².